The number of rotatable bonds is 2. The van der Waals surface area contributed by atoms with Crippen LogP contribution in [0.25, 0.3) is 0 Å². The van der Waals surface area contributed by atoms with Crippen LogP contribution in [0.5, 0.6) is 0 Å². The minimum absolute atomic E-state index is 0.521. The van der Waals surface area contributed by atoms with Crippen molar-refractivity contribution < 1.29 is 4.74 Å². The van der Waals surface area contributed by atoms with Gasteiger partial charge in [0.25, 0.3) is 0 Å². The first-order valence-electron chi connectivity index (χ1n) is 4.98. The van der Waals surface area contributed by atoms with Crippen LogP contribution < -0.4 is 0 Å². The largest absolute Gasteiger partial charge is 0.381 e. The summed E-state index contributed by atoms with van der Waals surface area (Å²) < 4.78 is 5.82. The molecule has 0 radical (unpaired) electrons. The summed E-state index contributed by atoms with van der Waals surface area (Å²) in [6, 6.07) is 0. The van der Waals surface area contributed by atoms with Crippen molar-refractivity contribution in [2.75, 3.05) is 19.0 Å². The molecule has 1 rings (SSSR count). The van der Waals surface area contributed by atoms with Crippen molar-refractivity contribution in [1.29, 1.82) is 0 Å². The highest BCUT2D eigenvalue weighted by molar-refractivity contribution is 8.00. The predicted molar refractivity (Wildman–Crippen MR) is 57.9 cm³/mol. The minimum atomic E-state index is 0.521. The van der Waals surface area contributed by atoms with Gasteiger partial charge in [-0.1, -0.05) is 27.7 Å². The van der Waals surface area contributed by atoms with E-state index in [9.17, 15) is 0 Å². The molecule has 0 aromatic carbocycles. The first kappa shape index (κ1) is 12.3. The van der Waals surface area contributed by atoms with Crippen molar-refractivity contribution in [3.63, 3.8) is 0 Å². The van der Waals surface area contributed by atoms with Crippen molar-refractivity contribution in [2.45, 2.75) is 45.3 Å². The Hall–Kier alpha value is 0.310. The lowest BCUT2D eigenvalue weighted by Crippen LogP contribution is -2.29. The molecule has 0 unspecified atom stereocenters. The van der Waals surface area contributed by atoms with Crippen molar-refractivity contribution in [2.24, 2.45) is 0 Å². The van der Waals surface area contributed by atoms with Crippen molar-refractivity contribution in [3.8, 4) is 0 Å². The smallest absolute Gasteiger partial charge is 0.0479 e. The molecule has 0 aliphatic carbocycles. The van der Waals surface area contributed by atoms with Crippen molar-refractivity contribution >= 4 is 11.8 Å². The van der Waals surface area contributed by atoms with Crippen LogP contribution in [0.4, 0.5) is 0 Å². The molecule has 74 valence electrons. The predicted octanol–water partition coefficient (Wildman–Crippen LogP) is 3.33. The summed E-state index contributed by atoms with van der Waals surface area (Å²) in [6.45, 7) is 10.5. The Bertz CT molecular complexity index is 92.5. The van der Waals surface area contributed by atoms with Gasteiger partial charge >= 0.3 is 0 Å². The number of thioether (sulfide) groups is 1. The second kappa shape index (κ2) is 6.79. The molecule has 0 N–H and O–H groups in total. The van der Waals surface area contributed by atoms with E-state index in [1.807, 2.05) is 13.8 Å². The fourth-order valence-electron chi connectivity index (χ4n) is 1.30. The molecule has 1 aliphatic heterocycles. The number of hydrogen-bond donors (Lipinski definition) is 0. The van der Waals surface area contributed by atoms with E-state index in [-0.39, 0.29) is 0 Å². The van der Waals surface area contributed by atoms with Gasteiger partial charge in [0.1, 0.15) is 0 Å². The van der Waals surface area contributed by atoms with E-state index in [4.69, 9.17) is 4.74 Å². The van der Waals surface area contributed by atoms with E-state index in [1.54, 1.807) is 0 Å². The van der Waals surface area contributed by atoms with E-state index in [1.165, 1.54) is 18.6 Å². The molecule has 0 bridgehead atoms. The van der Waals surface area contributed by atoms with Gasteiger partial charge in [-0.2, -0.15) is 11.8 Å². The molecule has 1 nitrogen and oxygen atoms in total. The molecular formula is C10H22OS. The summed E-state index contributed by atoms with van der Waals surface area (Å²) >= 11 is 2.07. The zero-order valence-corrected chi connectivity index (χ0v) is 9.67. The van der Waals surface area contributed by atoms with Gasteiger partial charge in [-0.25, -0.2) is 0 Å². The van der Waals surface area contributed by atoms with Gasteiger partial charge in [0.15, 0.2) is 0 Å². The molecule has 1 saturated heterocycles. The SMILES string of the molecule is CC.CCSC1(C)CCOCC1. The van der Waals surface area contributed by atoms with Gasteiger partial charge in [0.05, 0.1) is 0 Å². The zero-order chi connectivity index (χ0) is 9.45. The number of hydrogen-bond acceptors (Lipinski definition) is 2. The summed E-state index contributed by atoms with van der Waals surface area (Å²) in [4.78, 5) is 0. The highest BCUT2D eigenvalue weighted by Crippen LogP contribution is 2.34. The van der Waals surface area contributed by atoms with E-state index in [0.29, 0.717) is 4.75 Å². The van der Waals surface area contributed by atoms with Crippen molar-refractivity contribution in [1.82, 2.24) is 0 Å². The molecule has 0 amide bonds. The lowest BCUT2D eigenvalue weighted by atomic mass is 10.0. The lowest BCUT2D eigenvalue weighted by Gasteiger charge is -2.32. The molecule has 1 aliphatic rings. The third-order valence-electron chi connectivity index (χ3n) is 2.04. The molecule has 1 fully saturated rings. The molecule has 0 saturated carbocycles. The van der Waals surface area contributed by atoms with Gasteiger partial charge in [0.2, 0.25) is 0 Å². The third-order valence-corrected chi connectivity index (χ3v) is 3.44. The average Bonchev–Trinajstić information content (AvgIpc) is 2.09. The Morgan fingerprint density at radius 2 is 1.75 bits per heavy atom. The van der Waals surface area contributed by atoms with Gasteiger partial charge < -0.3 is 4.74 Å². The van der Waals surface area contributed by atoms with Crippen LogP contribution in [0.15, 0.2) is 0 Å². The summed E-state index contributed by atoms with van der Waals surface area (Å²) in [5.74, 6) is 1.23. The van der Waals surface area contributed by atoms with E-state index in [2.05, 4.69) is 25.6 Å². The Morgan fingerprint density at radius 3 is 2.17 bits per heavy atom. The van der Waals surface area contributed by atoms with E-state index in [0.717, 1.165) is 13.2 Å². The molecule has 0 atom stereocenters. The minimum Gasteiger partial charge on any atom is -0.381 e. The maximum Gasteiger partial charge on any atom is 0.0479 e. The summed E-state index contributed by atoms with van der Waals surface area (Å²) in [5, 5.41) is 0. The Kier molecular flexibility index (Phi) is 6.96. The van der Waals surface area contributed by atoms with Gasteiger partial charge in [-0.15, -0.1) is 0 Å². The fourth-order valence-corrected chi connectivity index (χ4v) is 2.45. The molecule has 2 heteroatoms. The maximum absolute atomic E-state index is 5.30. The van der Waals surface area contributed by atoms with Crippen molar-refractivity contribution in [3.05, 3.63) is 0 Å². The van der Waals surface area contributed by atoms with E-state index >= 15 is 0 Å². The lowest BCUT2D eigenvalue weighted by molar-refractivity contribution is 0.0815. The number of ether oxygens (including phenoxy) is 1. The normalized spacial score (nSPS) is 21.0. The van der Waals surface area contributed by atoms with E-state index < -0.39 is 0 Å². The summed E-state index contributed by atoms with van der Waals surface area (Å²) in [7, 11) is 0. The molecule has 0 spiro atoms. The first-order chi connectivity index (χ1) is 5.77. The quantitative estimate of drug-likeness (QED) is 0.660. The van der Waals surface area contributed by atoms with Crippen LogP contribution in [0.3, 0.4) is 0 Å². The highest BCUT2D eigenvalue weighted by Gasteiger charge is 2.26. The Labute approximate surface area is 81.3 Å². The zero-order valence-electron chi connectivity index (χ0n) is 8.85. The second-order valence-corrected chi connectivity index (χ2v) is 4.85. The van der Waals surface area contributed by atoms with Crippen LogP contribution in [0.1, 0.15) is 40.5 Å². The molecule has 0 aromatic heterocycles. The molecule has 12 heavy (non-hydrogen) atoms. The fraction of sp³-hybridized carbons (Fsp3) is 1.00. The van der Waals surface area contributed by atoms with Crippen LogP contribution in [-0.2, 0) is 4.74 Å². The van der Waals surface area contributed by atoms with Gasteiger partial charge in [-0.05, 0) is 18.6 Å². The third kappa shape index (κ3) is 4.36. The molecule has 0 aromatic rings. The summed E-state index contributed by atoms with van der Waals surface area (Å²) in [5.41, 5.74) is 0. The standard InChI is InChI=1S/C8H16OS.C2H6/c1-3-10-8(2)4-6-9-7-5-8;1-2/h3-7H2,1-2H3;1-2H3. The van der Waals surface area contributed by atoms with Crippen LogP contribution in [-0.4, -0.2) is 23.7 Å². The Morgan fingerprint density at radius 1 is 1.25 bits per heavy atom. The summed E-state index contributed by atoms with van der Waals surface area (Å²) in [6.07, 6.45) is 2.46. The van der Waals surface area contributed by atoms with Gasteiger partial charge in [-0.3, -0.25) is 0 Å². The average molecular weight is 190 g/mol. The van der Waals surface area contributed by atoms with Crippen LogP contribution in [0.2, 0.25) is 0 Å². The highest BCUT2D eigenvalue weighted by atomic mass is 32.2. The molecular weight excluding hydrogens is 168 g/mol. The maximum atomic E-state index is 5.30. The second-order valence-electron chi connectivity index (χ2n) is 3.00. The van der Waals surface area contributed by atoms with Gasteiger partial charge in [0, 0.05) is 18.0 Å². The first-order valence-corrected chi connectivity index (χ1v) is 5.97. The molecule has 1 heterocycles. The van der Waals surface area contributed by atoms with Crippen LogP contribution >= 0.6 is 11.8 Å². The topological polar surface area (TPSA) is 9.23 Å². The van der Waals surface area contributed by atoms with Crippen LogP contribution in [0, 0.1) is 0 Å². The monoisotopic (exact) mass is 190 g/mol. The Balaban J connectivity index is 0.000000561.